The largest absolute Gasteiger partial charge is 0.368 e. The number of aromatic nitrogens is 1. The zero-order chi connectivity index (χ0) is 17.6. The number of nitrogens with one attached hydrogen (secondary N) is 1. The summed E-state index contributed by atoms with van der Waals surface area (Å²) in [5.41, 5.74) is 1.01. The second-order valence-corrected chi connectivity index (χ2v) is 7.44. The lowest BCUT2D eigenvalue weighted by Gasteiger charge is -2.36. The van der Waals surface area contributed by atoms with Gasteiger partial charge in [-0.1, -0.05) is 0 Å². The summed E-state index contributed by atoms with van der Waals surface area (Å²) >= 11 is 1.68. The fourth-order valence-electron chi connectivity index (χ4n) is 2.92. The van der Waals surface area contributed by atoms with Gasteiger partial charge >= 0.3 is 0 Å². The molecule has 1 fully saturated rings. The molecule has 2 aromatic rings. The van der Waals surface area contributed by atoms with Gasteiger partial charge in [0.05, 0.1) is 5.01 Å². The Labute approximate surface area is 151 Å². The number of hydrogen-bond donors (Lipinski definition) is 1. The molecule has 0 saturated carbocycles. The first-order chi connectivity index (χ1) is 12.1. The topological polar surface area (TPSA) is 48.5 Å². The monoisotopic (exact) mass is 362 g/mol. The fourth-order valence-corrected chi connectivity index (χ4v) is 3.68. The maximum atomic E-state index is 13.0. The highest BCUT2D eigenvalue weighted by molar-refractivity contribution is 7.11. The smallest absolute Gasteiger partial charge is 0.223 e. The number of anilines is 1. The van der Waals surface area contributed by atoms with Gasteiger partial charge < -0.3 is 15.1 Å². The van der Waals surface area contributed by atoms with E-state index in [4.69, 9.17) is 0 Å². The van der Waals surface area contributed by atoms with E-state index in [1.807, 2.05) is 18.0 Å². The van der Waals surface area contributed by atoms with Crippen molar-refractivity contribution in [2.45, 2.75) is 19.9 Å². The highest BCUT2D eigenvalue weighted by Crippen LogP contribution is 2.17. The SMILES string of the molecule is Cc1ncc(CNCCC(=O)N2CCN(c3ccc(F)cc3)CC2)s1. The molecule has 1 saturated heterocycles. The molecule has 0 unspecified atom stereocenters. The molecule has 1 N–H and O–H groups in total. The number of thiazole rings is 1. The maximum Gasteiger partial charge on any atom is 0.223 e. The van der Waals surface area contributed by atoms with Crippen LogP contribution in [0.15, 0.2) is 30.5 Å². The van der Waals surface area contributed by atoms with Crippen molar-refractivity contribution in [1.29, 1.82) is 0 Å². The average molecular weight is 362 g/mol. The normalized spacial score (nSPS) is 14.8. The van der Waals surface area contributed by atoms with Gasteiger partial charge in [0.1, 0.15) is 5.82 Å². The second-order valence-electron chi connectivity index (χ2n) is 6.12. The third-order valence-electron chi connectivity index (χ3n) is 4.31. The lowest BCUT2D eigenvalue weighted by atomic mass is 10.2. The van der Waals surface area contributed by atoms with Crippen LogP contribution in [-0.4, -0.2) is 48.5 Å². The first-order valence-corrected chi connectivity index (χ1v) is 9.34. The van der Waals surface area contributed by atoms with Crippen LogP contribution in [0.4, 0.5) is 10.1 Å². The standard InChI is InChI=1S/C18H23FN4OS/c1-14-21-13-17(25-14)12-20-7-6-18(24)23-10-8-22(9-11-23)16-4-2-15(19)3-5-16/h2-5,13,20H,6-12H2,1H3. The molecule has 0 bridgehead atoms. The van der Waals surface area contributed by atoms with Crippen molar-refractivity contribution in [2.24, 2.45) is 0 Å². The van der Waals surface area contributed by atoms with Crippen LogP contribution in [0.5, 0.6) is 0 Å². The Hall–Kier alpha value is -1.99. The van der Waals surface area contributed by atoms with Crippen LogP contribution >= 0.6 is 11.3 Å². The first kappa shape index (κ1) is 17.8. The number of piperazine rings is 1. The second kappa shape index (κ2) is 8.40. The van der Waals surface area contributed by atoms with E-state index < -0.39 is 0 Å². The number of aryl methyl sites for hydroxylation is 1. The molecule has 134 valence electrons. The molecule has 1 aromatic carbocycles. The van der Waals surface area contributed by atoms with Crippen LogP contribution in [0.2, 0.25) is 0 Å². The molecule has 25 heavy (non-hydrogen) atoms. The van der Waals surface area contributed by atoms with E-state index in [-0.39, 0.29) is 11.7 Å². The van der Waals surface area contributed by atoms with E-state index in [1.165, 1.54) is 17.0 Å². The van der Waals surface area contributed by atoms with Crippen molar-refractivity contribution in [3.05, 3.63) is 46.2 Å². The van der Waals surface area contributed by atoms with E-state index in [0.29, 0.717) is 26.1 Å². The Morgan fingerprint density at radius 2 is 1.96 bits per heavy atom. The van der Waals surface area contributed by atoms with E-state index in [9.17, 15) is 9.18 Å². The summed E-state index contributed by atoms with van der Waals surface area (Å²) in [6.45, 7) is 6.42. The summed E-state index contributed by atoms with van der Waals surface area (Å²) in [6.07, 6.45) is 2.39. The van der Waals surface area contributed by atoms with Crippen molar-refractivity contribution in [1.82, 2.24) is 15.2 Å². The molecule has 0 atom stereocenters. The Morgan fingerprint density at radius 1 is 1.24 bits per heavy atom. The number of amides is 1. The maximum absolute atomic E-state index is 13.0. The van der Waals surface area contributed by atoms with Crippen molar-refractivity contribution in [3.8, 4) is 0 Å². The van der Waals surface area contributed by atoms with E-state index >= 15 is 0 Å². The predicted molar refractivity (Wildman–Crippen MR) is 98.4 cm³/mol. The summed E-state index contributed by atoms with van der Waals surface area (Å²) in [5.74, 6) is -0.0368. The van der Waals surface area contributed by atoms with E-state index in [0.717, 1.165) is 30.3 Å². The van der Waals surface area contributed by atoms with Gasteiger partial charge in [-0.2, -0.15) is 0 Å². The zero-order valence-electron chi connectivity index (χ0n) is 14.4. The highest BCUT2D eigenvalue weighted by atomic mass is 32.1. The van der Waals surface area contributed by atoms with Gasteiger partial charge in [-0.15, -0.1) is 11.3 Å². The van der Waals surface area contributed by atoms with Crippen molar-refractivity contribution >= 4 is 22.9 Å². The van der Waals surface area contributed by atoms with Crippen LogP contribution in [0.3, 0.4) is 0 Å². The number of carbonyl (C=O) groups is 1. The quantitative estimate of drug-likeness (QED) is 0.802. The first-order valence-electron chi connectivity index (χ1n) is 8.52. The number of halogens is 1. The molecular formula is C18H23FN4OS. The summed E-state index contributed by atoms with van der Waals surface area (Å²) < 4.78 is 13.0. The van der Waals surface area contributed by atoms with Crippen LogP contribution in [0.1, 0.15) is 16.3 Å². The lowest BCUT2D eigenvalue weighted by Crippen LogP contribution is -2.49. The lowest BCUT2D eigenvalue weighted by molar-refractivity contribution is -0.131. The van der Waals surface area contributed by atoms with Gasteiger partial charge in [-0.25, -0.2) is 9.37 Å². The summed E-state index contributed by atoms with van der Waals surface area (Å²) in [5, 5.41) is 4.36. The van der Waals surface area contributed by atoms with Gasteiger partial charge in [0.2, 0.25) is 5.91 Å². The summed E-state index contributed by atoms with van der Waals surface area (Å²) in [7, 11) is 0. The highest BCUT2D eigenvalue weighted by Gasteiger charge is 2.20. The molecular weight excluding hydrogens is 339 g/mol. The number of benzene rings is 1. The van der Waals surface area contributed by atoms with Gasteiger partial charge in [0.25, 0.3) is 0 Å². The molecule has 3 rings (SSSR count). The number of carbonyl (C=O) groups excluding carboxylic acids is 1. The van der Waals surface area contributed by atoms with Crippen molar-refractivity contribution in [3.63, 3.8) is 0 Å². The van der Waals surface area contributed by atoms with E-state index in [1.54, 1.807) is 23.5 Å². The number of nitrogens with zero attached hydrogens (tertiary/aromatic N) is 3. The van der Waals surface area contributed by atoms with E-state index in [2.05, 4.69) is 15.2 Å². The molecule has 5 nitrogen and oxygen atoms in total. The Morgan fingerprint density at radius 3 is 2.60 bits per heavy atom. The fraction of sp³-hybridized carbons (Fsp3) is 0.444. The van der Waals surface area contributed by atoms with Crippen molar-refractivity contribution < 1.29 is 9.18 Å². The molecule has 1 aliphatic rings. The molecule has 1 aromatic heterocycles. The number of hydrogen-bond acceptors (Lipinski definition) is 5. The van der Waals surface area contributed by atoms with Crippen LogP contribution in [0.25, 0.3) is 0 Å². The molecule has 0 radical (unpaired) electrons. The molecule has 0 spiro atoms. The van der Waals surface area contributed by atoms with Gasteiger partial charge in [0.15, 0.2) is 0 Å². The Balaban J connectivity index is 1.37. The van der Waals surface area contributed by atoms with Crippen LogP contribution in [0, 0.1) is 12.7 Å². The zero-order valence-corrected chi connectivity index (χ0v) is 15.2. The van der Waals surface area contributed by atoms with Crippen LogP contribution in [-0.2, 0) is 11.3 Å². The molecule has 7 heteroatoms. The third-order valence-corrected chi connectivity index (χ3v) is 5.22. The summed E-state index contributed by atoms with van der Waals surface area (Å²) in [4.78, 5) is 21.8. The Kier molecular flexibility index (Phi) is 5.99. The minimum absolute atomic E-state index is 0.187. The summed E-state index contributed by atoms with van der Waals surface area (Å²) in [6, 6.07) is 6.53. The average Bonchev–Trinajstić information content (AvgIpc) is 3.05. The minimum Gasteiger partial charge on any atom is -0.368 e. The van der Waals surface area contributed by atoms with Gasteiger partial charge in [-0.3, -0.25) is 4.79 Å². The molecule has 0 aliphatic carbocycles. The van der Waals surface area contributed by atoms with Crippen LogP contribution < -0.4 is 10.2 Å². The Bertz CT molecular complexity index is 695. The minimum atomic E-state index is -0.224. The molecule has 2 heterocycles. The molecule has 1 aliphatic heterocycles. The van der Waals surface area contributed by atoms with Gasteiger partial charge in [-0.05, 0) is 31.2 Å². The number of rotatable bonds is 6. The molecule has 1 amide bonds. The van der Waals surface area contributed by atoms with Crippen molar-refractivity contribution in [2.75, 3.05) is 37.6 Å². The predicted octanol–water partition coefficient (Wildman–Crippen LogP) is 2.42. The van der Waals surface area contributed by atoms with Gasteiger partial charge in [0, 0.05) is 62.5 Å². The third kappa shape index (κ3) is 4.99.